The van der Waals surface area contributed by atoms with E-state index >= 15 is 0 Å². The zero-order chi connectivity index (χ0) is 17.3. The molecule has 0 spiro atoms. The van der Waals surface area contributed by atoms with Gasteiger partial charge in [-0.25, -0.2) is 13.2 Å². The van der Waals surface area contributed by atoms with Crippen LogP contribution in [0.1, 0.15) is 24.9 Å². The van der Waals surface area contributed by atoms with Crippen molar-refractivity contribution in [2.45, 2.75) is 31.4 Å². The molecule has 0 aliphatic carbocycles. The molecule has 1 aromatic rings. The molecule has 2 unspecified atom stereocenters. The topological polar surface area (TPSA) is 35.6 Å². The summed E-state index contributed by atoms with van der Waals surface area (Å²) >= 11 is 0. The van der Waals surface area contributed by atoms with E-state index in [0.717, 1.165) is 5.56 Å². The third-order valence-electron chi connectivity index (χ3n) is 4.91. The number of benzene rings is 1. The van der Waals surface area contributed by atoms with Gasteiger partial charge in [0.15, 0.2) is 0 Å². The molecule has 2 atom stereocenters. The van der Waals surface area contributed by atoms with Crippen LogP contribution in [0.3, 0.4) is 0 Å². The number of carbonyl (C=O) groups is 1. The fraction of sp³-hybridized carbons (Fsp3) is 0.588. The number of alkyl halides is 2. The third kappa shape index (κ3) is 4.65. The normalized spacial score (nSPS) is 24.6. The van der Waals surface area contributed by atoms with Gasteiger partial charge in [-0.15, -0.1) is 12.4 Å². The first-order valence-corrected chi connectivity index (χ1v) is 8.25. The van der Waals surface area contributed by atoms with Gasteiger partial charge in [0.25, 0.3) is 5.92 Å². The minimum atomic E-state index is -2.80. The Hall–Kier alpha value is -1.31. The zero-order valence-electron chi connectivity index (χ0n) is 14.1. The molecule has 25 heavy (non-hydrogen) atoms. The fourth-order valence-corrected chi connectivity index (χ4v) is 3.42. The molecule has 2 saturated heterocycles. The predicted octanol–water partition coefficient (Wildman–Crippen LogP) is 2.45. The Morgan fingerprint density at radius 1 is 1.28 bits per heavy atom. The average molecular weight is 378 g/mol. The second-order valence-electron chi connectivity index (χ2n) is 6.59. The molecule has 0 bridgehead atoms. The zero-order valence-corrected chi connectivity index (χ0v) is 14.9. The van der Waals surface area contributed by atoms with Crippen molar-refractivity contribution in [3.8, 4) is 0 Å². The van der Waals surface area contributed by atoms with Crippen molar-refractivity contribution in [1.82, 2.24) is 15.1 Å². The maximum Gasteiger partial charge on any atom is 0.262 e. The number of hydrogen-bond acceptors (Lipinski definition) is 3. The molecule has 2 aliphatic rings. The summed E-state index contributed by atoms with van der Waals surface area (Å²) in [6, 6.07) is 5.77. The first-order chi connectivity index (χ1) is 11.4. The van der Waals surface area contributed by atoms with Gasteiger partial charge in [0.05, 0.1) is 12.6 Å². The highest BCUT2D eigenvalue weighted by Gasteiger charge is 2.43. The van der Waals surface area contributed by atoms with Crippen molar-refractivity contribution in [3.63, 3.8) is 0 Å². The molecule has 4 nitrogen and oxygen atoms in total. The van der Waals surface area contributed by atoms with Crippen molar-refractivity contribution in [2.75, 3.05) is 32.7 Å². The third-order valence-corrected chi connectivity index (χ3v) is 4.91. The van der Waals surface area contributed by atoms with E-state index in [1.807, 2.05) is 13.0 Å². The number of nitrogens with zero attached hydrogens (tertiary/aromatic N) is 2. The Balaban J connectivity index is 0.00000225. The summed E-state index contributed by atoms with van der Waals surface area (Å²) in [6.07, 6.45) is -0.425. The summed E-state index contributed by atoms with van der Waals surface area (Å²) < 4.78 is 39.8. The van der Waals surface area contributed by atoms with Crippen LogP contribution in [0.2, 0.25) is 0 Å². The van der Waals surface area contributed by atoms with E-state index in [0.29, 0.717) is 26.2 Å². The summed E-state index contributed by atoms with van der Waals surface area (Å²) in [6.45, 7) is 3.87. The second-order valence-corrected chi connectivity index (χ2v) is 6.59. The number of amides is 1. The Morgan fingerprint density at radius 2 is 1.96 bits per heavy atom. The molecule has 0 radical (unpaired) electrons. The van der Waals surface area contributed by atoms with E-state index in [1.54, 1.807) is 11.0 Å². The maximum atomic E-state index is 13.4. The van der Waals surface area contributed by atoms with E-state index in [4.69, 9.17) is 0 Å². The lowest BCUT2D eigenvalue weighted by Gasteiger charge is -2.39. The Bertz CT molecular complexity index is 609. The fourth-order valence-electron chi connectivity index (χ4n) is 3.42. The van der Waals surface area contributed by atoms with E-state index in [1.165, 1.54) is 12.1 Å². The number of carbonyl (C=O) groups excluding carboxylic acids is 1. The van der Waals surface area contributed by atoms with E-state index in [-0.39, 0.29) is 30.2 Å². The first kappa shape index (κ1) is 20.0. The van der Waals surface area contributed by atoms with Crippen LogP contribution < -0.4 is 5.32 Å². The average Bonchev–Trinajstić information content (AvgIpc) is 2.93. The van der Waals surface area contributed by atoms with Crippen LogP contribution in [0.5, 0.6) is 0 Å². The largest absolute Gasteiger partial charge is 0.339 e. The van der Waals surface area contributed by atoms with Crippen LogP contribution in [-0.2, 0) is 4.79 Å². The van der Waals surface area contributed by atoms with Gasteiger partial charge in [-0.3, -0.25) is 15.0 Å². The molecule has 1 aromatic carbocycles. The molecule has 1 N–H and O–H groups in total. The highest BCUT2D eigenvalue weighted by atomic mass is 35.5. The molecular formula is C17H23ClF3N3O. The molecule has 0 saturated carbocycles. The molecule has 2 fully saturated rings. The maximum absolute atomic E-state index is 13.4. The number of halogens is 4. The molecule has 2 aliphatic heterocycles. The van der Waals surface area contributed by atoms with E-state index < -0.39 is 24.9 Å². The number of nitrogens with one attached hydrogen (secondary N) is 1. The van der Waals surface area contributed by atoms with Crippen LogP contribution in [0, 0.1) is 5.82 Å². The van der Waals surface area contributed by atoms with Crippen molar-refractivity contribution >= 4 is 18.3 Å². The SMILES string of the molecule is CC(c1cccc(F)c1)N1CCN(C(=O)C2CC(F)(F)CN2)CC1.Cl. The van der Waals surface area contributed by atoms with Gasteiger partial charge in [0.1, 0.15) is 5.82 Å². The monoisotopic (exact) mass is 377 g/mol. The molecule has 1 amide bonds. The van der Waals surface area contributed by atoms with Gasteiger partial charge in [0, 0.05) is 38.6 Å². The molecule has 140 valence electrons. The second kappa shape index (κ2) is 7.93. The Kier molecular flexibility index (Phi) is 6.35. The molecule has 8 heteroatoms. The molecule has 0 aromatic heterocycles. The lowest BCUT2D eigenvalue weighted by atomic mass is 10.1. The van der Waals surface area contributed by atoms with E-state index in [9.17, 15) is 18.0 Å². The number of hydrogen-bond donors (Lipinski definition) is 1. The highest BCUT2D eigenvalue weighted by molar-refractivity contribution is 5.85. The standard InChI is InChI=1S/C17H22F3N3O.ClH/c1-12(13-3-2-4-14(18)9-13)22-5-7-23(8-6-22)16(24)15-10-17(19,20)11-21-15;/h2-4,9,12,15,21H,5-8,10-11H2,1H3;1H. The summed E-state index contributed by atoms with van der Waals surface area (Å²) in [5.74, 6) is -3.31. The Labute approximate surface area is 151 Å². The summed E-state index contributed by atoms with van der Waals surface area (Å²) in [4.78, 5) is 16.2. The lowest BCUT2D eigenvalue weighted by Crippen LogP contribution is -2.53. The van der Waals surface area contributed by atoms with Gasteiger partial charge in [-0.05, 0) is 24.6 Å². The molecule has 3 rings (SSSR count). The van der Waals surface area contributed by atoms with Crippen molar-refractivity contribution < 1.29 is 18.0 Å². The van der Waals surface area contributed by atoms with Gasteiger partial charge < -0.3 is 4.90 Å². The van der Waals surface area contributed by atoms with Crippen molar-refractivity contribution in [3.05, 3.63) is 35.6 Å². The lowest BCUT2D eigenvalue weighted by molar-refractivity contribution is -0.135. The van der Waals surface area contributed by atoms with Crippen LogP contribution in [0.4, 0.5) is 13.2 Å². The van der Waals surface area contributed by atoms with Crippen LogP contribution in [-0.4, -0.2) is 60.4 Å². The minimum Gasteiger partial charge on any atom is -0.339 e. The summed E-state index contributed by atoms with van der Waals surface area (Å²) in [5.41, 5.74) is 0.895. The van der Waals surface area contributed by atoms with Crippen LogP contribution >= 0.6 is 12.4 Å². The summed E-state index contributed by atoms with van der Waals surface area (Å²) in [7, 11) is 0. The first-order valence-electron chi connectivity index (χ1n) is 8.25. The molecule has 2 heterocycles. The molecular weight excluding hydrogens is 355 g/mol. The van der Waals surface area contributed by atoms with Crippen molar-refractivity contribution in [2.24, 2.45) is 0 Å². The van der Waals surface area contributed by atoms with E-state index in [2.05, 4.69) is 10.2 Å². The minimum absolute atomic E-state index is 0. The van der Waals surface area contributed by atoms with Gasteiger partial charge in [0.2, 0.25) is 5.91 Å². The summed E-state index contributed by atoms with van der Waals surface area (Å²) in [5, 5.41) is 2.61. The van der Waals surface area contributed by atoms with Gasteiger partial charge >= 0.3 is 0 Å². The smallest absolute Gasteiger partial charge is 0.262 e. The van der Waals surface area contributed by atoms with Crippen LogP contribution in [0.25, 0.3) is 0 Å². The number of piperazine rings is 1. The van der Waals surface area contributed by atoms with Gasteiger partial charge in [-0.1, -0.05) is 12.1 Å². The predicted molar refractivity (Wildman–Crippen MR) is 91.6 cm³/mol. The van der Waals surface area contributed by atoms with Crippen LogP contribution in [0.15, 0.2) is 24.3 Å². The van der Waals surface area contributed by atoms with Gasteiger partial charge in [-0.2, -0.15) is 0 Å². The highest BCUT2D eigenvalue weighted by Crippen LogP contribution is 2.27. The quantitative estimate of drug-likeness (QED) is 0.879. The Morgan fingerprint density at radius 3 is 2.52 bits per heavy atom. The number of rotatable bonds is 3. The van der Waals surface area contributed by atoms with Crippen molar-refractivity contribution in [1.29, 1.82) is 0 Å².